The number of piperidine rings is 1. The molecule has 0 bridgehead atoms. The van der Waals surface area contributed by atoms with Crippen molar-refractivity contribution < 1.29 is 9.18 Å². The zero-order valence-electron chi connectivity index (χ0n) is 16.1. The van der Waals surface area contributed by atoms with Crippen molar-refractivity contribution in [1.82, 2.24) is 24.8 Å². The molecule has 1 atom stereocenters. The lowest BCUT2D eigenvalue weighted by Gasteiger charge is -2.40. The molecular weight excluding hydrogens is 371 g/mol. The van der Waals surface area contributed by atoms with E-state index in [-0.39, 0.29) is 17.1 Å². The Morgan fingerprint density at radius 1 is 1.31 bits per heavy atom. The molecule has 0 radical (unpaired) electrons. The molecule has 8 heteroatoms. The predicted molar refractivity (Wildman–Crippen MR) is 107 cm³/mol. The van der Waals surface area contributed by atoms with Crippen molar-refractivity contribution in [2.75, 3.05) is 18.8 Å². The zero-order valence-corrected chi connectivity index (χ0v) is 16.1. The number of fused-ring (bicyclic) bond motifs is 3. The van der Waals surface area contributed by atoms with Gasteiger partial charge in [-0.1, -0.05) is 0 Å². The molecule has 29 heavy (non-hydrogen) atoms. The van der Waals surface area contributed by atoms with Gasteiger partial charge in [0.25, 0.3) is 0 Å². The third-order valence-corrected chi connectivity index (χ3v) is 6.26. The number of nitrogens with two attached hydrogens (primary N) is 1. The fraction of sp³-hybridized carbons (Fsp3) is 0.429. The molecule has 1 spiro atoms. The van der Waals surface area contributed by atoms with Crippen molar-refractivity contribution in [3.63, 3.8) is 0 Å². The molecule has 1 unspecified atom stereocenters. The normalized spacial score (nSPS) is 21.1. The molecule has 1 fully saturated rings. The molecule has 7 nitrogen and oxygen atoms in total. The lowest BCUT2D eigenvalue weighted by Crippen LogP contribution is -2.48. The van der Waals surface area contributed by atoms with Crippen LogP contribution in [0.4, 0.5) is 10.3 Å². The van der Waals surface area contributed by atoms with Gasteiger partial charge in [-0.3, -0.25) is 4.79 Å². The van der Waals surface area contributed by atoms with Crippen LogP contribution in [0.25, 0.3) is 11.0 Å². The Morgan fingerprint density at radius 3 is 3.10 bits per heavy atom. The largest absolute Gasteiger partial charge is 0.368 e. The molecule has 1 amide bonds. The number of rotatable bonds is 3. The van der Waals surface area contributed by atoms with E-state index in [1.54, 1.807) is 6.07 Å². The van der Waals surface area contributed by atoms with Crippen molar-refractivity contribution in [2.24, 2.45) is 0 Å². The van der Waals surface area contributed by atoms with Gasteiger partial charge >= 0.3 is 0 Å². The van der Waals surface area contributed by atoms with E-state index in [1.165, 1.54) is 12.1 Å². The van der Waals surface area contributed by atoms with E-state index in [4.69, 9.17) is 5.73 Å². The van der Waals surface area contributed by atoms with Gasteiger partial charge in [0.05, 0.1) is 16.7 Å². The van der Waals surface area contributed by atoms with Gasteiger partial charge in [0.15, 0.2) is 0 Å². The molecule has 1 aromatic carbocycles. The lowest BCUT2D eigenvalue weighted by atomic mass is 9.77. The van der Waals surface area contributed by atoms with Crippen LogP contribution in [-0.4, -0.2) is 43.8 Å². The average molecular weight is 394 g/mol. The van der Waals surface area contributed by atoms with Crippen LogP contribution in [0.1, 0.15) is 42.8 Å². The molecule has 2 aliphatic rings. The number of aromatic nitrogens is 4. The highest BCUT2D eigenvalue weighted by Crippen LogP contribution is 2.44. The van der Waals surface area contributed by atoms with E-state index in [1.807, 2.05) is 11.1 Å². The predicted octanol–water partition coefficient (Wildman–Crippen LogP) is 2.51. The standard InChI is InChI=1S/C21H23FN6O/c22-14-2-3-15-16(10-14)26-17(25-15)4-5-18(29)28-9-1-7-21(12-28)8-6-13-11-24-20(23)27-19(13)21/h2-3,10-11H,1,4-9,12H2,(H,25,26)(H2,23,24,27). The van der Waals surface area contributed by atoms with E-state index in [9.17, 15) is 9.18 Å². The van der Waals surface area contributed by atoms with Gasteiger partial charge in [0, 0.05) is 37.5 Å². The van der Waals surface area contributed by atoms with Gasteiger partial charge in [0.1, 0.15) is 11.6 Å². The highest BCUT2D eigenvalue weighted by Gasteiger charge is 2.44. The number of H-pyrrole nitrogens is 1. The number of aromatic amines is 1. The summed E-state index contributed by atoms with van der Waals surface area (Å²) in [5.41, 5.74) is 9.29. The van der Waals surface area contributed by atoms with E-state index in [2.05, 4.69) is 19.9 Å². The number of hydrogen-bond acceptors (Lipinski definition) is 5. The second kappa shape index (κ2) is 6.79. The van der Waals surface area contributed by atoms with Crippen LogP contribution in [0.5, 0.6) is 0 Å². The van der Waals surface area contributed by atoms with Gasteiger partial charge in [-0.2, -0.15) is 0 Å². The first-order valence-corrected chi connectivity index (χ1v) is 10.1. The number of nitrogen functional groups attached to an aromatic ring is 1. The number of carbonyl (C=O) groups is 1. The number of hydrogen-bond donors (Lipinski definition) is 2. The van der Waals surface area contributed by atoms with Crippen LogP contribution in [0.2, 0.25) is 0 Å². The monoisotopic (exact) mass is 394 g/mol. The maximum Gasteiger partial charge on any atom is 0.223 e. The number of amides is 1. The van der Waals surface area contributed by atoms with Crippen LogP contribution in [0, 0.1) is 5.82 Å². The molecule has 1 aliphatic carbocycles. The molecule has 3 heterocycles. The lowest BCUT2D eigenvalue weighted by molar-refractivity contribution is -0.133. The minimum atomic E-state index is -0.302. The first-order chi connectivity index (χ1) is 14.0. The molecule has 1 saturated heterocycles. The molecule has 1 aliphatic heterocycles. The topological polar surface area (TPSA) is 101 Å². The maximum absolute atomic E-state index is 13.4. The first-order valence-electron chi connectivity index (χ1n) is 10.1. The Morgan fingerprint density at radius 2 is 2.21 bits per heavy atom. The van der Waals surface area contributed by atoms with Crippen molar-refractivity contribution in [2.45, 2.75) is 43.9 Å². The van der Waals surface area contributed by atoms with E-state index in [0.29, 0.717) is 42.2 Å². The summed E-state index contributed by atoms with van der Waals surface area (Å²) in [4.78, 5) is 31.1. The smallest absolute Gasteiger partial charge is 0.223 e. The number of carbonyl (C=O) groups excluding carboxylic acids is 1. The van der Waals surface area contributed by atoms with E-state index >= 15 is 0 Å². The number of aryl methyl sites for hydroxylation is 2. The Labute approximate surface area is 167 Å². The summed E-state index contributed by atoms with van der Waals surface area (Å²) in [7, 11) is 0. The molecule has 0 saturated carbocycles. The Bertz CT molecular complexity index is 1090. The zero-order chi connectivity index (χ0) is 20.0. The summed E-state index contributed by atoms with van der Waals surface area (Å²) in [6.07, 6.45) is 6.61. The molecule has 3 aromatic rings. The molecule has 150 valence electrons. The van der Waals surface area contributed by atoms with Crippen LogP contribution in [0.15, 0.2) is 24.4 Å². The minimum Gasteiger partial charge on any atom is -0.368 e. The fourth-order valence-electron chi connectivity index (χ4n) is 4.83. The third kappa shape index (κ3) is 3.22. The van der Waals surface area contributed by atoms with E-state index in [0.717, 1.165) is 43.5 Å². The number of nitrogens with zero attached hydrogens (tertiary/aromatic N) is 4. The van der Waals surface area contributed by atoms with Crippen molar-refractivity contribution in [3.05, 3.63) is 47.3 Å². The highest BCUT2D eigenvalue weighted by atomic mass is 19.1. The van der Waals surface area contributed by atoms with Gasteiger partial charge in [-0.15, -0.1) is 0 Å². The highest BCUT2D eigenvalue weighted by molar-refractivity contribution is 5.77. The summed E-state index contributed by atoms with van der Waals surface area (Å²) in [6.45, 7) is 1.45. The molecule has 3 N–H and O–H groups in total. The second-order valence-corrected chi connectivity index (χ2v) is 8.15. The summed E-state index contributed by atoms with van der Waals surface area (Å²) in [6, 6.07) is 4.46. The Kier molecular flexibility index (Phi) is 4.22. The Hall–Kier alpha value is -3.03. The van der Waals surface area contributed by atoms with Crippen molar-refractivity contribution in [1.29, 1.82) is 0 Å². The van der Waals surface area contributed by atoms with Gasteiger partial charge < -0.3 is 15.6 Å². The van der Waals surface area contributed by atoms with Crippen LogP contribution in [-0.2, 0) is 23.1 Å². The number of anilines is 1. The van der Waals surface area contributed by atoms with Crippen LogP contribution in [0.3, 0.4) is 0 Å². The SMILES string of the molecule is Nc1ncc2c(n1)C1(CCCN(C(=O)CCc3nc4ccc(F)cc4[nH]3)C1)CC2. The second-order valence-electron chi connectivity index (χ2n) is 8.15. The fourth-order valence-corrected chi connectivity index (χ4v) is 4.83. The number of nitrogens with one attached hydrogen (secondary N) is 1. The average Bonchev–Trinajstić information content (AvgIpc) is 3.27. The number of benzene rings is 1. The quantitative estimate of drug-likeness (QED) is 0.711. The van der Waals surface area contributed by atoms with Gasteiger partial charge in [0.2, 0.25) is 11.9 Å². The summed E-state index contributed by atoms with van der Waals surface area (Å²) >= 11 is 0. The van der Waals surface area contributed by atoms with Crippen molar-refractivity contribution in [3.8, 4) is 0 Å². The summed E-state index contributed by atoms with van der Waals surface area (Å²) in [5, 5.41) is 0. The maximum atomic E-state index is 13.4. The number of halogens is 1. The summed E-state index contributed by atoms with van der Waals surface area (Å²) in [5.74, 6) is 0.821. The summed E-state index contributed by atoms with van der Waals surface area (Å²) < 4.78 is 13.4. The molecule has 2 aromatic heterocycles. The first kappa shape index (κ1) is 18.0. The minimum absolute atomic E-state index is 0.100. The third-order valence-electron chi connectivity index (χ3n) is 6.26. The van der Waals surface area contributed by atoms with Crippen LogP contribution >= 0.6 is 0 Å². The molecular formula is C21H23FN6O. The molecule has 5 rings (SSSR count). The number of likely N-dealkylation sites (tertiary alicyclic amines) is 1. The number of imidazole rings is 1. The van der Waals surface area contributed by atoms with Crippen molar-refractivity contribution >= 4 is 22.9 Å². The Balaban J connectivity index is 1.29. The van der Waals surface area contributed by atoms with E-state index < -0.39 is 0 Å². The van der Waals surface area contributed by atoms with Gasteiger partial charge in [-0.25, -0.2) is 19.3 Å². The van der Waals surface area contributed by atoms with Gasteiger partial charge in [-0.05, 0) is 49.4 Å². The van der Waals surface area contributed by atoms with Crippen LogP contribution < -0.4 is 5.73 Å².